The van der Waals surface area contributed by atoms with Gasteiger partial charge >= 0.3 is 0 Å². The highest BCUT2D eigenvalue weighted by atomic mass is 32.1. The number of imide groups is 1. The summed E-state index contributed by atoms with van der Waals surface area (Å²) in [4.78, 5) is 41.2. The standard InChI is InChI=1S/C20H22N2O3S/c1-13(2)15-6-8-16(9-7-15)22-19(24)11-18(20(22)25)21(14(3)23)12-17-5-4-10-26-17/h4-10,13,18H,11-12H2,1-3H3. The van der Waals surface area contributed by atoms with Crippen molar-refractivity contribution in [2.75, 3.05) is 4.90 Å². The van der Waals surface area contributed by atoms with Gasteiger partial charge < -0.3 is 4.90 Å². The number of hydrogen-bond acceptors (Lipinski definition) is 4. The Morgan fingerprint density at radius 3 is 2.46 bits per heavy atom. The van der Waals surface area contributed by atoms with Crippen molar-refractivity contribution in [2.45, 2.75) is 45.7 Å². The van der Waals surface area contributed by atoms with Crippen LogP contribution in [0.3, 0.4) is 0 Å². The summed E-state index contributed by atoms with van der Waals surface area (Å²) in [5.41, 5.74) is 1.71. The maximum Gasteiger partial charge on any atom is 0.257 e. The summed E-state index contributed by atoms with van der Waals surface area (Å²) in [6, 6.07) is 10.5. The molecule has 0 radical (unpaired) electrons. The highest BCUT2D eigenvalue weighted by molar-refractivity contribution is 7.09. The number of anilines is 1. The van der Waals surface area contributed by atoms with Crippen molar-refractivity contribution in [3.63, 3.8) is 0 Å². The predicted molar refractivity (Wildman–Crippen MR) is 102 cm³/mol. The molecule has 0 aliphatic carbocycles. The molecule has 2 aromatic rings. The molecule has 6 heteroatoms. The first kappa shape index (κ1) is 18.3. The molecule has 136 valence electrons. The summed E-state index contributed by atoms with van der Waals surface area (Å²) in [7, 11) is 0. The molecule has 1 aromatic heterocycles. The summed E-state index contributed by atoms with van der Waals surface area (Å²) in [6.45, 7) is 5.96. The number of carbonyl (C=O) groups is 3. The zero-order chi connectivity index (χ0) is 18.8. The number of benzene rings is 1. The number of amides is 3. The molecule has 1 saturated heterocycles. The first-order valence-electron chi connectivity index (χ1n) is 8.65. The van der Waals surface area contributed by atoms with E-state index in [4.69, 9.17) is 0 Å². The minimum absolute atomic E-state index is 0.0235. The monoisotopic (exact) mass is 370 g/mol. The Bertz CT molecular complexity index is 812. The summed E-state index contributed by atoms with van der Waals surface area (Å²) >= 11 is 1.53. The Balaban J connectivity index is 1.83. The Kier molecular flexibility index (Phi) is 5.23. The molecule has 0 saturated carbocycles. The third-order valence-corrected chi connectivity index (χ3v) is 5.49. The molecule has 0 N–H and O–H groups in total. The molecule has 0 spiro atoms. The Morgan fingerprint density at radius 2 is 1.92 bits per heavy atom. The van der Waals surface area contributed by atoms with Crippen LogP contribution in [-0.2, 0) is 20.9 Å². The second-order valence-electron chi connectivity index (χ2n) is 6.76. The molecule has 0 bridgehead atoms. The van der Waals surface area contributed by atoms with Crippen molar-refractivity contribution in [3.8, 4) is 0 Å². The van der Waals surface area contributed by atoms with Gasteiger partial charge in [-0.2, -0.15) is 0 Å². The molecule has 1 aliphatic rings. The smallest absolute Gasteiger partial charge is 0.257 e. The van der Waals surface area contributed by atoms with Crippen molar-refractivity contribution in [2.24, 2.45) is 0 Å². The zero-order valence-electron chi connectivity index (χ0n) is 15.1. The molecule has 1 unspecified atom stereocenters. The van der Waals surface area contributed by atoms with Crippen LogP contribution in [0.25, 0.3) is 0 Å². The molecule has 3 amide bonds. The lowest BCUT2D eigenvalue weighted by molar-refractivity contribution is -0.137. The summed E-state index contributed by atoms with van der Waals surface area (Å²) in [5.74, 6) is -0.434. The highest BCUT2D eigenvalue weighted by Crippen LogP contribution is 2.28. The fourth-order valence-electron chi connectivity index (χ4n) is 3.15. The highest BCUT2D eigenvalue weighted by Gasteiger charge is 2.43. The number of nitrogens with zero attached hydrogens (tertiary/aromatic N) is 2. The van der Waals surface area contributed by atoms with Crippen molar-refractivity contribution >= 4 is 34.7 Å². The maximum absolute atomic E-state index is 12.9. The third-order valence-electron chi connectivity index (χ3n) is 4.63. The van der Waals surface area contributed by atoms with Crippen LogP contribution in [0, 0.1) is 0 Å². The number of rotatable bonds is 5. The van der Waals surface area contributed by atoms with E-state index >= 15 is 0 Å². The van der Waals surface area contributed by atoms with E-state index in [-0.39, 0.29) is 24.1 Å². The van der Waals surface area contributed by atoms with Crippen molar-refractivity contribution in [3.05, 3.63) is 52.2 Å². The largest absolute Gasteiger partial charge is 0.325 e. The van der Waals surface area contributed by atoms with Gasteiger partial charge in [-0.25, -0.2) is 4.90 Å². The van der Waals surface area contributed by atoms with Gasteiger partial charge in [0.15, 0.2) is 0 Å². The van der Waals surface area contributed by atoms with Gasteiger partial charge in [-0.1, -0.05) is 32.0 Å². The quantitative estimate of drug-likeness (QED) is 0.756. The molecule has 1 fully saturated rings. The normalized spacial score (nSPS) is 17.2. The number of thiophene rings is 1. The van der Waals surface area contributed by atoms with Crippen LogP contribution in [0.1, 0.15) is 43.6 Å². The average molecular weight is 370 g/mol. The van der Waals surface area contributed by atoms with Gasteiger partial charge in [0.2, 0.25) is 11.8 Å². The molecule has 1 atom stereocenters. The summed E-state index contributed by atoms with van der Waals surface area (Å²) < 4.78 is 0. The van der Waals surface area contributed by atoms with Gasteiger partial charge in [-0.3, -0.25) is 14.4 Å². The van der Waals surface area contributed by atoms with Crippen molar-refractivity contribution in [1.29, 1.82) is 0 Å². The van der Waals surface area contributed by atoms with Crippen LogP contribution in [0.2, 0.25) is 0 Å². The lowest BCUT2D eigenvalue weighted by Gasteiger charge is -2.26. The van der Waals surface area contributed by atoms with Gasteiger partial charge in [0.25, 0.3) is 5.91 Å². The van der Waals surface area contributed by atoms with E-state index < -0.39 is 6.04 Å². The van der Waals surface area contributed by atoms with Crippen LogP contribution in [0.15, 0.2) is 41.8 Å². The number of carbonyl (C=O) groups excluding carboxylic acids is 3. The molecule has 26 heavy (non-hydrogen) atoms. The Hall–Kier alpha value is -2.47. The number of hydrogen-bond donors (Lipinski definition) is 0. The predicted octanol–water partition coefficient (Wildman–Crippen LogP) is 3.55. The molecular formula is C20H22N2O3S. The maximum atomic E-state index is 12.9. The molecule has 1 aromatic carbocycles. The molecular weight excluding hydrogens is 348 g/mol. The second-order valence-corrected chi connectivity index (χ2v) is 7.79. The van der Waals surface area contributed by atoms with Crippen molar-refractivity contribution < 1.29 is 14.4 Å². The minimum Gasteiger partial charge on any atom is -0.325 e. The van der Waals surface area contributed by atoms with Gasteiger partial charge in [0, 0.05) is 11.8 Å². The van der Waals surface area contributed by atoms with Crippen LogP contribution in [0.4, 0.5) is 5.69 Å². The lowest BCUT2D eigenvalue weighted by atomic mass is 10.0. The van der Waals surface area contributed by atoms with Gasteiger partial charge in [0.1, 0.15) is 6.04 Å². The van der Waals surface area contributed by atoms with Crippen LogP contribution >= 0.6 is 11.3 Å². The second kappa shape index (κ2) is 7.41. The minimum atomic E-state index is -0.744. The summed E-state index contributed by atoms with van der Waals surface area (Å²) in [6.07, 6.45) is 0.0235. The lowest BCUT2D eigenvalue weighted by Crippen LogP contribution is -2.44. The SMILES string of the molecule is CC(=O)N(Cc1cccs1)C1CC(=O)N(c2ccc(C(C)C)cc2)C1=O. The van der Waals surface area contributed by atoms with Crippen molar-refractivity contribution in [1.82, 2.24) is 4.90 Å². The van der Waals surface area contributed by atoms with Crippen LogP contribution < -0.4 is 4.90 Å². The van der Waals surface area contributed by atoms with E-state index in [0.717, 1.165) is 10.4 Å². The fourth-order valence-corrected chi connectivity index (χ4v) is 3.85. The van der Waals surface area contributed by atoms with Crippen LogP contribution in [0.5, 0.6) is 0 Å². The average Bonchev–Trinajstić information content (AvgIpc) is 3.20. The summed E-state index contributed by atoms with van der Waals surface area (Å²) in [5, 5.41) is 1.93. The molecule has 1 aliphatic heterocycles. The van der Waals surface area contributed by atoms with E-state index in [2.05, 4.69) is 13.8 Å². The van der Waals surface area contributed by atoms with E-state index in [0.29, 0.717) is 18.2 Å². The van der Waals surface area contributed by atoms with Gasteiger partial charge in [0.05, 0.1) is 18.7 Å². The molecule has 2 heterocycles. The zero-order valence-corrected chi connectivity index (χ0v) is 16.0. The third kappa shape index (κ3) is 3.55. The fraction of sp³-hybridized carbons (Fsp3) is 0.350. The van der Waals surface area contributed by atoms with E-state index in [1.165, 1.54) is 28.1 Å². The van der Waals surface area contributed by atoms with Crippen LogP contribution in [-0.4, -0.2) is 28.7 Å². The molecule has 3 rings (SSSR count). The molecule has 5 nitrogen and oxygen atoms in total. The first-order valence-corrected chi connectivity index (χ1v) is 9.52. The van der Waals surface area contributed by atoms with E-state index in [1.807, 2.05) is 29.6 Å². The topological polar surface area (TPSA) is 57.7 Å². The van der Waals surface area contributed by atoms with E-state index in [9.17, 15) is 14.4 Å². The van der Waals surface area contributed by atoms with E-state index in [1.54, 1.807) is 12.1 Å². The first-order chi connectivity index (χ1) is 12.4. The van der Waals surface area contributed by atoms with Gasteiger partial charge in [-0.15, -0.1) is 11.3 Å². The Morgan fingerprint density at radius 1 is 1.23 bits per heavy atom. The Labute approximate surface area is 157 Å². The van der Waals surface area contributed by atoms with Gasteiger partial charge in [-0.05, 0) is 35.1 Å².